The van der Waals surface area contributed by atoms with Crippen molar-refractivity contribution in [2.45, 2.75) is 40.4 Å². The lowest BCUT2D eigenvalue weighted by molar-refractivity contribution is -0.132. The van der Waals surface area contributed by atoms with Gasteiger partial charge in [-0.2, -0.15) is 0 Å². The molecule has 0 aliphatic heterocycles. The van der Waals surface area contributed by atoms with E-state index in [-0.39, 0.29) is 12.7 Å². The second kappa shape index (κ2) is 7.05. The van der Waals surface area contributed by atoms with Crippen LogP contribution in [0.1, 0.15) is 42.3 Å². The van der Waals surface area contributed by atoms with Gasteiger partial charge in [0.1, 0.15) is 5.75 Å². The van der Waals surface area contributed by atoms with Crippen LogP contribution in [0.4, 0.5) is 0 Å². The maximum Gasteiger partial charge on any atom is 0.337 e. The Kier molecular flexibility index (Phi) is 5.70. The van der Waals surface area contributed by atoms with Crippen molar-refractivity contribution in [1.29, 1.82) is 0 Å². The Balaban J connectivity index is 3.20. The summed E-state index contributed by atoms with van der Waals surface area (Å²) in [7, 11) is 1.32. The number of hydrogen-bond acceptors (Lipinski definition) is 5. The topological polar surface area (TPSA) is 61.8 Å². The maximum absolute atomic E-state index is 11.6. The fraction of sp³-hybridized carbons (Fsp3) is 0.467. The minimum Gasteiger partial charge on any atom is -0.465 e. The zero-order chi connectivity index (χ0) is 15.3. The smallest absolute Gasteiger partial charge is 0.337 e. The third kappa shape index (κ3) is 4.35. The zero-order valence-electron chi connectivity index (χ0n) is 12.5. The molecule has 0 heterocycles. The number of carbonyl (C=O) groups is 2. The summed E-state index contributed by atoms with van der Waals surface area (Å²) in [6.07, 6.45) is 0.0299. The van der Waals surface area contributed by atoms with Crippen LogP contribution in [0.3, 0.4) is 0 Å². The van der Waals surface area contributed by atoms with Crippen LogP contribution in [0.5, 0.6) is 5.75 Å². The molecule has 0 spiro atoms. The molecule has 0 bridgehead atoms. The first-order chi connectivity index (χ1) is 9.35. The van der Waals surface area contributed by atoms with Gasteiger partial charge in [0.15, 0.2) is 0 Å². The van der Waals surface area contributed by atoms with Crippen LogP contribution in [0.25, 0.3) is 0 Å². The Morgan fingerprint density at radius 3 is 2.40 bits per heavy atom. The fourth-order valence-corrected chi connectivity index (χ4v) is 1.74. The van der Waals surface area contributed by atoms with E-state index in [1.807, 2.05) is 13.8 Å². The average molecular weight is 280 g/mol. The van der Waals surface area contributed by atoms with E-state index < -0.39 is 11.9 Å². The molecule has 1 aromatic carbocycles. The molecule has 0 unspecified atom stereocenters. The van der Waals surface area contributed by atoms with E-state index in [1.165, 1.54) is 14.0 Å². The summed E-state index contributed by atoms with van der Waals surface area (Å²) in [5.41, 5.74) is 1.74. The molecule has 0 radical (unpaired) electrons. The standard InChI is InChI=1S/C15H20O5/c1-9(2)19-8-13-7-12(15(17)18-5)6-10(3)14(13)20-11(4)16/h6-7,9H,8H2,1-5H3. The third-order valence-electron chi connectivity index (χ3n) is 2.59. The van der Waals surface area contributed by atoms with Gasteiger partial charge < -0.3 is 14.2 Å². The molecule has 0 saturated heterocycles. The van der Waals surface area contributed by atoms with Crippen LogP contribution in [-0.2, 0) is 20.9 Å². The molecule has 0 aliphatic carbocycles. The third-order valence-corrected chi connectivity index (χ3v) is 2.59. The molecule has 5 heteroatoms. The minimum absolute atomic E-state index is 0.0299. The number of carbonyl (C=O) groups excluding carboxylic acids is 2. The van der Waals surface area contributed by atoms with E-state index in [2.05, 4.69) is 0 Å². The first kappa shape index (κ1) is 16.2. The maximum atomic E-state index is 11.6. The molecule has 110 valence electrons. The molecular weight excluding hydrogens is 260 g/mol. The van der Waals surface area contributed by atoms with Crippen LogP contribution in [0, 0.1) is 6.92 Å². The van der Waals surface area contributed by atoms with Crippen molar-refractivity contribution in [3.05, 3.63) is 28.8 Å². The number of aryl methyl sites for hydroxylation is 1. The number of hydrogen-bond donors (Lipinski definition) is 0. The second-order valence-electron chi connectivity index (χ2n) is 4.73. The van der Waals surface area contributed by atoms with Crippen LogP contribution >= 0.6 is 0 Å². The van der Waals surface area contributed by atoms with Gasteiger partial charge in [-0.15, -0.1) is 0 Å². The molecule has 0 N–H and O–H groups in total. The van der Waals surface area contributed by atoms with E-state index in [4.69, 9.17) is 14.2 Å². The lowest BCUT2D eigenvalue weighted by Gasteiger charge is -2.15. The van der Waals surface area contributed by atoms with Crippen molar-refractivity contribution in [2.75, 3.05) is 7.11 Å². The molecule has 0 aromatic heterocycles. The van der Waals surface area contributed by atoms with Gasteiger partial charge in [-0.1, -0.05) is 0 Å². The molecule has 0 saturated carbocycles. The summed E-state index contributed by atoms with van der Waals surface area (Å²) in [4.78, 5) is 22.8. The highest BCUT2D eigenvalue weighted by molar-refractivity contribution is 5.90. The quantitative estimate of drug-likeness (QED) is 0.613. The lowest BCUT2D eigenvalue weighted by atomic mass is 10.0. The summed E-state index contributed by atoms with van der Waals surface area (Å²) in [5.74, 6) is -0.413. The van der Waals surface area contributed by atoms with Gasteiger partial charge in [0.05, 0.1) is 25.4 Å². The SMILES string of the molecule is COC(=O)c1cc(C)c(OC(C)=O)c(COC(C)C)c1. The second-order valence-corrected chi connectivity index (χ2v) is 4.73. The Morgan fingerprint density at radius 1 is 1.25 bits per heavy atom. The van der Waals surface area contributed by atoms with E-state index in [0.717, 1.165) is 0 Å². The molecular formula is C15H20O5. The summed E-state index contributed by atoms with van der Waals surface area (Å²) < 4.78 is 15.4. The van der Waals surface area contributed by atoms with Gasteiger partial charge >= 0.3 is 11.9 Å². The monoisotopic (exact) mass is 280 g/mol. The zero-order valence-corrected chi connectivity index (χ0v) is 12.5. The molecule has 0 amide bonds. The molecule has 1 rings (SSSR count). The van der Waals surface area contributed by atoms with Crippen LogP contribution in [0.2, 0.25) is 0 Å². The van der Waals surface area contributed by atoms with E-state index in [9.17, 15) is 9.59 Å². The van der Waals surface area contributed by atoms with E-state index in [0.29, 0.717) is 22.4 Å². The summed E-state index contributed by atoms with van der Waals surface area (Å²) >= 11 is 0. The molecule has 5 nitrogen and oxygen atoms in total. The number of benzene rings is 1. The Bertz CT molecular complexity index is 505. The average Bonchev–Trinajstić information content (AvgIpc) is 2.37. The summed E-state index contributed by atoms with van der Waals surface area (Å²) in [6, 6.07) is 3.25. The van der Waals surface area contributed by atoms with E-state index in [1.54, 1.807) is 19.1 Å². The van der Waals surface area contributed by atoms with Crippen molar-refractivity contribution in [1.82, 2.24) is 0 Å². The highest BCUT2D eigenvalue weighted by Crippen LogP contribution is 2.27. The van der Waals surface area contributed by atoms with E-state index >= 15 is 0 Å². The Labute approximate surface area is 118 Å². The largest absolute Gasteiger partial charge is 0.465 e. The number of methoxy groups -OCH3 is 1. The van der Waals surface area contributed by atoms with Gasteiger partial charge in [-0.3, -0.25) is 4.79 Å². The first-order valence-electron chi connectivity index (χ1n) is 6.37. The summed E-state index contributed by atoms with van der Waals surface area (Å²) in [5, 5.41) is 0. The predicted octanol–water partition coefficient (Wildman–Crippen LogP) is 2.63. The van der Waals surface area contributed by atoms with Crippen molar-refractivity contribution in [3.63, 3.8) is 0 Å². The summed E-state index contributed by atoms with van der Waals surface area (Å²) in [6.45, 7) is 7.17. The normalized spacial score (nSPS) is 10.5. The van der Waals surface area contributed by atoms with Gasteiger partial charge in [-0.25, -0.2) is 4.79 Å². The van der Waals surface area contributed by atoms with Gasteiger partial charge in [0.2, 0.25) is 0 Å². The number of ether oxygens (including phenoxy) is 3. The van der Waals surface area contributed by atoms with Crippen molar-refractivity contribution in [3.8, 4) is 5.75 Å². The molecule has 0 fully saturated rings. The van der Waals surface area contributed by atoms with Crippen molar-refractivity contribution >= 4 is 11.9 Å². The van der Waals surface area contributed by atoms with Crippen LogP contribution in [0.15, 0.2) is 12.1 Å². The number of esters is 2. The van der Waals surface area contributed by atoms with Gasteiger partial charge in [0, 0.05) is 12.5 Å². The Hall–Kier alpha value is -1.88. The molecule has 20 heavy (non-hydrogen) atoms. The lowest BCUT2D eigenvalue weighted by Crippen LogP contribution is -2.11. The number of rotatable bonds is 5. The minimum atomic E-state index is -0.437. The van der Waals surface area contributed by atoms with Gasteiger partial charge in [-0.05, 0) is 38.5 Å². The highest BCUT2D eigenvalue weighted by atomic mass is 16.5. The highest BCUT2D eigenvalue weighted by Gasteiger charge is 2.16. The van der Waals surface area contributed by atoms with Crippen molar-refractivity contribution < 1.29 is 23.8 Å². The Morgan fingerprint density at radius 2 is 1.90 bits per heavy atom. The van der Waals surface area contributed by atoms with Gasteiger partial charge in [0.25, 0.3) is 0 Å². The van der Waals surface area contributed by atoms with Crippen molar-refractivity contribution in [2.24, 2.45) is 0 Å². The first-order valence-corrected chi connectivity index (χ1v) is 6.37. The predicted molar refractivity (Wildman–Crippen MR) is 73.8 cm³/mol. The fourth-order valence-electron chi connectivity index (χ4n) is 1.74. The molecule has 0 atom stereocenters. The molecule has 1 aromatic rings. The van der Waals surface area contributed by atoms with Crippen LogP contribution in [-0.4, -0.2) is 25.2 Å². The van der Waals surface area contributed by atoms with Crippen LogP contribution < -0.4 is 4.74 Å². The molecule has 0 aliphatic rings.